The Hall–Kier alpha value is -1.52. The number of hydrogen-bond donors (Lipinski definition) is 3. The molecule has 0 aromatic heterocycles. The van der Waals surface area contributed by atoms with Crippen LogP contribution in [0, 0.1) is 0 Å². The minimum absolute atomic E-state index is 0.0657. The Kier molecular flexibility index (Phi) is 7.05. The summed E-state index contributed by atoms with van der Waals surface area (Å²) in [4.78, 5) is 21.3. The van der Waals surface area contributed by atoms with Crippen molar-refractivity contribution in [3.05, 3.63) is 12.7 Å². The first-order valence-corrected chi connectivity index (χ1v) is 4.95. The molecule has 0 saturated heterocycles. The van der Waals surface area contributed by atoms with Gasteiger partial charge in [-0.1, -0.05) is 6.08 Å². The molecule has 0 heterocycles. The minimum Gasteiger partial charge on any atom is -0.481 e. The Morgan fingerprint density at radius 3 is 2.67 bits per heavy atom. The molecule has 0 saturated carbocycles. The zero-order chi connectivity index (χ0) is 11.7. The van der Waals surface area contributed by atoms with Crippen molar-refractivity contribution >= 4 is 12.0 Å². The van der Waals surface area contributed by atoms with Crippen molar-refractivity contribution in [2.45, 2.75) is 32.2 Å². The van der Waals surface area contributed by atoms with Crippen LogP contribution in [0.4, 0.5) is 4.79 Å². The fourth-order valence-electron chi connectivity index (χ4n) is 0.920. The molecule has 1 unspecified atom stereocenters. The average molecular weight is 214 g/mol. The summed E-state index contributed by atoms with van der Waals surface area (Å²) >= 11 is 0. The number of nitrogens with one attached hydrogen (secondary N) is 2. The van der Waals surface area contributed by atoms with Gasteiger partial charge in [0, 0.05) is 19.0 Å². The number of urea groups is 1. The molecular weight excluding hydrogens is 196 g/mol. The van der Waals surface area contributed by atoms with E-state index in [0.717, 1.165) is 0 Å². The van der Waals surface area contributed by atoms with Gasteiger partial charge in [-0.05, 0) is 19.8 Å². The average Bonchev–Trinajstić information content (AvgIpc) is 2.16. The van der Waals surface area contributed by atoms with Crippen molar-refractivity contribution in [1.29, 1.82) is 0 Å². The maximum absolute atomic E-state index is 11.1. The lowest BCUT2D eigenvalue weighted by Crippen LogP contribution is -2.40. The van der Waals surface area contributed by atoms with E-state index in [2.05, 4.69) is 17.2 Å². The van der Waals surface area contributed by atoms with Crippen LogP contribution in [0.5, 0.6) is 0 Å². The molecule has 0 aliphatic rings. The summed E-state index contributed by atoms with van der Waals surface area (Å²) in [6.07, 6.45) is 3.02. The van der Waals surface area contributed by atoms with Crippen LogP contribution in [0.15, 0.2) is 12.7 Å². The molecule has 15 heavy (non-hydrogen) atoms. The molecule has 86 valence electrons. The van der Waals surface area contributed by atoms with E-state index in [1.807, 2.05) is 6.92 Å². The van der Waals surface area contributed by atoms with E-state index in [1.54, 1.807) is 6.08 Å². The molecule has 0 aromatic rings. The highest BCUT2D eigenvalue weighted by Crippen LogP contribution is 1.93. The van der Waals surface area contributed by atoms with Gasteiger partial charge in [0.1, 0.15) is 0 Å². The fourth-order valence-corrected chi connectivity index (χ4v) is 0.920. The van der Waals surface area contributed by atoms with Gasteiger partial charge in [0.05, 0.1) is 0 Å². The molecule has 2 amide bonds. The molecule has 5 heteroatoms. The summed E-state index contributed by atoms with van der Waals surface area (Å²) in [6, 6.07) is -0.318. The molecular formula is C10H18N2O3. The maximum Gasteiger partial charge on any atom is 0.315 e. The second-order valence-corrected chi connectivity index (χ2v) is 3.28. The Morgan fingerprint density at radius 2 is 2.13 bits per heavy atom. The predicted molar refractivity (Wildman–Crippen MR) is 57.7 cm³/mol. The lowest BCUT2D eigenvalue weighted by Gasteiger charge is -2.10. The topological polar surface area (TPSA) is 78.4 Å². The van der Waals surface area contributed by atoms with Gasteiger partial charge in [-0.2, -0.15) is 0 Å². The molecule has 0 aliphatic heterocycles. The lowest BCUT2D eigenvalue weighted by atomic mass is 10.2. The van der Waals surface area contributed by atoms with Crippen LogP contribution in [0.1, 0.15) is 26.2 Å². The number of carboxylic acids is 1. The van der Waals surface area contributed by atoms with Gasteiger partial charge in [-0.15, -0.1) is 6.58 Å². The number of carbonyl (C=O) groups is 2. The Bertz CT molecular complexity index is 229. The van der Waals surface area contributed by atoms with E-state index in [4.69, 9.17) is 5.11 Å². The largest absolute Gasteiger partial charge is 0.481 e. The second kappa shape index (κ2) is 7.84. The number of amides is 2. The Morgan fingerprint density at radius 1 is 1.47 bits per heavy atom. The van der Waals surface area contributed by atoms with Crippen molar-refractivity contribution in [2.75, 3.05) is 6.54 Å². The molecule has 3 N–H and O–H groups in total. The van der Waals surface area contributed by atoms with E-state index >= 15 is 0 Å². The summed E-state index contributed by atoms with van der Waals surface area (Å²) in [6.45, 7) is 5.84. The smallest absolute Gasteiger partial charge is 0.315 e. The van der Waals surface area contributed by atoms with Crippen LogP contribution < -0.4 is 10.6 Å². The van der Waals surface area contributed by atoms with Gasteiger partial charge in [-0.3, -0.25) is 4.79 Å². The number of unbranched alkanes of at least 4 members (excludes halogenated alkanes) is 1. The van der Waals surface area contributed by atoms with E-state index in [9.17, 15) is 9.59 Å². The van der Waals surface area contributed by atoms with Gasteiger partial charge in [-0.25, -0.2) is 4.79 Å². The quantitative estimate of drug-likeness (QED) is 0.439. The molecule has 0 spiro atoms. The first-order chi connectivity index (χ1) is 7.06. The number of carbonyl (C=O) groups excluding carboxylic acids is 1. The van der Waals surface area contributed by atoms with E-state index in [-0.39, 0.29) is 18.5 Å². The van der Waals surface area contributed by atoms with Crippen molar-refractivity contribution < 1.29 is 14.7 Å². The summed E-state index contributed by atoms with van der Waals surface area (Å²) in [7, 11) is 0. The highest BCUT2D eigenvalue weighted by atomic mass is 16.4. The zero-order valence-corrected chi connectivity index (χ0v) is 8.95. The van der Waals surface area contributed by atoms with Gasteiger partial charge in [0.15, 0.2) is 0 Å². The first-order valence-electron chi connectivity index (χ1n) is 4.95. The van der Waals surface area contributed by atoms with Crippen LogP contribution in [-0.4, -0.2) is 29.7 Å². The van der Waals surface area contributed by atoms with Gasteiger partial charge in [0.2, 0.25) is 0 Å². The standard InChI is InChI=1S/C10H18N2O3/c1-3-8(2)12-10(15)11-7-5-4-6-9(13)14/h3,8H,1,4-7H2,2H3,(H,13,14)(H2,11,12,15). The van der Waals surface area contributed by atoms with Gasteiger partial charge in [0.25, 0.3) is 0 Å². The third kappa shape index (κ3) is 8.80. The SMILES string of the molecule is C=CC(C)NC(=O)NCCCCC(=O)O. The van der Waals surface area contributed by atoms with Crippen molar-refractivity contribution in [3.8, 4) is 0 Å². The van der Waals surface area contributed by atoms with Crippen LogP contribution >= 0.6 is 0 Å². The van der Waals surface area contributed by atoms with Gasteiger partial charge >= 0.3 is 12.0 Å². The van der Waals surface area contributed by atoms with E-state index < -0.39 is 5.97 Å². The summed E-state index contributed by atoms with van der Waals surface area (Å²) in [5.74, 6) is -0.806. The maximum atomic E-state index is 11.1. The van der Waals surface area contributed by atoms with Crippen LogP contribution in [-0.2, 0) is 4.79 Å². The summed E-state index contributed by atoms with van der Waals surface area (Å²) in [5, 5.41) is 13.6. The minimum atomic E-state index is -0.806. The molecule has 5 nitrogen and oxygen atoms in total. The summed E-state index contributed by atoms with van der Waals surface area (Å²) < 4.78 is 0. The van der Waals surface area contributed by atoms with E-state index in [1.165, 1.54) is 0 Å². The molecule has 0 fully saturated rings. The Balaban J connectivity index is 3.39. The number of carboxylic acid groups (broad SMARTS) is 1. The third-order valence-corrected chi connectivity index (χ3v) is 1.82. The first kappa shape index (κ1) is 13.5. The second-order valence-electron chi connectivity index (χ2n) is 3.28. The molecule has 0 aromatic carbocycles. The normalized spacial score (nSPS) is 11.5. The monoisotopic (exact) mass is 214 g/mol. The predicted octanol–water partition coefficient (Wildman–Crippen LogP) is 1.11. The van der Waals surface area contributed by atoms with Crippen LogP contribution in [0.25, 0.3) is 0 Å². The lowest BCUT2D eigenvalue weighted by molar-refractivity contribution is -0.137. The molecule has 0 rings (SSSR count). The zero-order valence-electron chi connectivity index (χ0n) is 8.95. The number of rotatable bonds is 7. The third-order valence-electron chi connectivity index (χ3n) is 1.82. The molecule has 0 aliphatic carbocycles. The highest BCUT2D eigenvalue weighted by molar-refractivity contribution is 5.74. The van der Waals surface area contributed by atoms with Gasteiger partial charge < -0.3 is 15.7 Å². The highest BCUT2D eigenvalue weighted by Gasteiger charge is 2.02. The Labute approximate surface area is 89.6 Å². The van der Waals surface area contributed by atoms with E-state index in [0.29, 0.717) is 19.4 Å². The van der Waals surface area contributed by atoms with Crippen LogP contribution in [0.2, 0.25) is 0 Å². The van der Waals surface area contributed by atoms with Crippen molar-refractivity contribution in [1.82, 2.24) is 10.6 Å². The number of hydrogen-bond acceptors (Lipinski definition) is 2. The van der Waals surface area contributed by atoms with Crippen LogP contribution in [0.3, 0.4) is 0 Å². The summed E-state index contributed by atoms with van der Waals surface area (Å²) in [5.41, 5.74) is 0. The number of aliphatic carboxylic acids is 1. The molecule has 1 atom stereocenters. The molecule has 0 bridgehead atoms. The van der Waals surface area contributed by atoms with Crippen molar-refractivity contribution in [2.24, 2.45) is 0 Å². The fraction of sp³-hybridized carbons (Fsp3) is 0.600. The molecule has 0 radical (unpaired) electrons. The van der Waals surface area contributed by atoms with Crippen molar-refractivity contribution in [3.63, 3.8) is 0 Å².